The first kappa shape index (κ1) is 19.0. The predicted molar refractivity (Wildman–Crippen MR) is 108 cm³/mol. The lowest BCUT2D eigenvalue weighted by atomic mass is 10.1. The lowest BCUT2D eigenvalue weighted by Gasteiger charge is -2.17. The maximum Gasteiger partial charge on any atom is 0.309 e. The van der Waals surface area contributed by atoms with Crippen molar-refractivity contribution in [2.24, 2.45) is 0 Å². The zero-order valence-corrected chi connectivity index (χ0v) is 15.8. The molecule has 2 aromatic carbocycles. The van der Waals surface area contributed by atoms with Crippen LogP contribution in [0, 0.1) is 6.92 Å². The maximum absolute atomic E-state index is 11.9. The maximum atomic E-state index is 11.9. The van der Waals surface area contributed by atoms with Crippen LogP contribution in [0.5, 0.6) is 0 Å². The number of anilines is 1. The third kappa shape index (κ3) is 5.58. The number of amides is 2. The molecule has 27 heavy (non-hydrogen) atoms. The molecule has 142 valence electrons. The van der Waals surface area contributed by atoms with Gasteiger partial charge in [0.05, 0.1) is 0 Å². The van der Waals surface area contributed by atoms with Crippen molar-refractivity contribution < 1.29 is 9.59 Å². The normalized spacial score (nSPS) is 13.4. The van der Waals surface area contributed by atoms with Crippen LogP contribution in [0.4, 0.5) is 5.69 Å². The lowest BCUT2D eigenvalue weighted by molar-refractivity contribution is -0.139. The molecular formula is C22H27N3O2. The Labute approximate surface area is 160 Å². The molecule has 1 fully saturated rings. The molecule has 1 aliphatic rings. The molecule has 0 unspecified atom stereocenters. The van der Waals surface area contributed by atoms with Gasteiger partial charge < -0.3 is 15.5 Å². The Bertz CT molecular complexity index is 763. The molecule has 0 saturated carbocycles. The van der Waals surface area contributed by atoms with E-state index in [0.717, 1.165) is 29.8 Å². The molecule has 0 aromatic heterocycles. The van der Waals surface area contributed by atoms with Gasteiger partial charge in [0.1, 0.15) is 0 Å². The SMILES string of the molecule is Cc1ccc(CNC(=O)C(=O)NCCc2ccc(N3CCCC3)cc2)cc1. The molecular weight excluding hydrogens is 338 g/mol. The predicted octanol–water partition coefficient (Wildman–Crippen LogP) is 2.57. The van der Waals surface area contributed by atoms with Gasteiger partial charge in [-0.3, -0.25) is 9.59 Å². The molecule has 1 aliphatic heterocycles. The molecule has 0 radical (unpaired) electrons. The van der Waals surface area contributed by atoms with E-state index in [9.17, 15) is 9.59 Å². The highest BCUT2D eigenvalue weighted by Gasteiger charge is 2.13. The van der Waals surface area contributed by atoms with Crippen molar-refractivity contribution >= 4 is 17.5 Å². The number of rotatable bonds is 6. The van der Waals surface area contributed by atoms with E-state index in [4.69, 9.17) is 0 Å². The molecule has 2 aromatic rings. The molecule has 1 saturated heterocycles. The highest BCUT2D eigenvalue weighted by molar-refractivity contribution is 6.35. The van der Waals surface area contributed by atoms with Crippen LogP contribution in [-0.2, 0) is 22.6 Å². The second kappa shape index (κ2) is 9.21. The smallest absolute Gasteiger partial charge is 0.309 e. The quantitative estimate of drug-likeness (QED) is 0.774. The number of nitrogens with one attached hydrogen (secondary N) is 2. The van der Waals surface area contributed by atoms with Gasteiger partial charge >= 0.3 is 11.8 Å². The van der Waals surface area contributed by atoms with E-state index < -0.39 is 11.8 Å². The topological polar surface area (TPSA) is 61.4 Å². The molecule has 0 aliphatic carbocycles. The van der Waals surface area contributed by atoms with Crippen molar-refractivity contribution in [1.29, 1.82) is 0 Å². The molecule has 5 heteroatoms. The van der Waals surface area contributed by atoms with E-state index in [-0.39, 0.29) is 0 Å². The number of nitrogens with zero attached hydrogens (tertiary/aromatic N) is 1. The van der Waals surface area contributed by atoms with Gasteiger partial charge in [0.15, 0.2) is 0 Å². The van der Waals surface area contributed by atoms with E-state index in [1.165, 1.54) is 18.5 Å². The lowest BCUT2D eigenvalue weighted by Crippen LogP contribution is -2.40. The van der Waals surface area contributed by atoms with E-state index in [0.29, 0.717) is 19.5 Å². The van der Waals surface area contributed by atoms with Crippen LogP contribution in [-0.4, -0.2) is 31.4 Å². The van der Waals surface area contributed by atoms with Gasteiger partial charge in [-0.2, -0.15) is 0 Å². The third-order valence-corrected chi connectivity index (χ3v) is 4.89. The van der Waals surface area contributed by atoms with Gasteiger partial charge in [-0.15, -0.1) is 0 Å². The van der Waals surface area contributed by atoms with Gasteiger partial charge in [-0.05, 0) is 49.4 Å². The standard InChI is InChI=1S/C22H27N3O2/c1-17-4-6-19(7-5-17)16-24-22(27)21(26)23-13-12-18-8-10-20(11-9-18)25-14-2-3-15-25/h4-11H,2-3,12-16H2,1H3,(H,23,26)(H,24,27). The Morgan fingerprint density at radius 2 is 1.44 bits per heavy atom. The van der Waals surface area contributed by atoms with Crippen LogP contribution in [0.15, 0.2) is 48.5 Å². The summed E-state index contributed by atoms with van der Waals surface area (Å²) in [5.41, 5.74) is 4.55. The van der Waals surface area contributed by atoms with Gasteiger partial charge in [-0.25, -0.2) is 0 Å². The fourth-order valence-electron chi connectivity index (χ4n) is 3.22. The fourth-order valence-corrected chi connectivity index (χ4v) is 3.22. The van der Waals surface area contributed by atoms with Crippen LogP contribution in [0.2, 0.25) is 0 Å². The molecule has 5 nitrogen and oxygen atoms in total. The summed E-state index contributed by atoms with van der Waals surface area (Å²) in [6.45, 7) is 5.07. The van der Waals surface area contributed by atoms with E-state index in [1.807, 2.05) is 31.2 Å². The Morgan fingerprint density at radius 3 is 2.11 bits per heavy atom. The molecule has 2 amide bonds. The average molecular weight is 365 g/mol. The summed E-state index contributed by atoms with van der Waals surface area (Å²) in [5.74, 6) is -1.18. The van der Waals surface area contributed by atoms with Crippen molar-refractivity contribution in [2.75, 3.05) is 24.5 Å². The van der Waals surface area contributed by atoms with Crippen LogP contribution in [0.3, 0.4) is 0 Å². The van der Waals surface area contributed by atoms with Crippen LogP contribution in [0.25, 0.3) is 0 Å². The number of benzene rings is 2. The summed E-state index contributed by atoms with van der Waals surface area (Å²) in [5, 5.41) is 5.33. The van der Waals surface area contributed by atoms with Gasteiger partial charge in [0.2, 0.25) is 0 Å². The number of hydrogen-bond donors (Lipinski definition) is 2. The van der Waals surface area contributed by atoms with Crippen LogP contribution in [0.1, 0.15) is 29.5 Å². The second-order valence-corrected chi connectivity index (χ2v) is 7.03. The van der Waals surface area contributed by atoms with Gasteiger partial charge in [0.25, 0.3) is 0 Å². The fraction of sp³-hybridized carbons (Fsp3) is 0.364. The van der Waals surface area contributed by atoms with Crippen LogP contribution < -0.4 is 15.5 Å². The van der Waals surface area contributed by atoms with Gasteiger partial charge in [0, 0.05) is 31.9 Å². The molecule has 2 N–H and O–H groups in total. The monoisotopic (exact) mass is 365 g/mol. The molecule has 3 rings (SSSR count). The number of carbonyl (C=O) groups is 2. The molecule has 0 atom stereocenters. The van der Waals surface area contributed by atoms with Crippen molar-refractivity contribution in [3.05, 3.63) is 65.2 Å². The van der Waals surface area contributed by atoms with Crippen molar-refractivity contribution in [2.45, 2.75) is 32.7 Å². The van der Waals surface area contributed by atoms with Crippen molar-refractivity contribution in [3.63, 3.8) is 0 Å². The minimum absolute atomic E-state index is 0.352. The summed E-state index contributed by atoms with van der Waals surface area (Å²) in [6.07, 6.45) is 3.23. The second-order valence-electron chi connectivity index (χ2n) is 7.03. The van der Waals surface area contributed by atoms with E-state index in [1.54, 1.807) is 0 Å². The zero-order valence-electron chi connectivity index (χ0n) is 15.8. The highest BCUT2D eigenvalue weighted by Crippen LogP contribution is 2.20. The number of hydrogen-bond acceptors (Lipinski definition) is 3. The molecule has 0 bridgehead atoms. The summed E-state index contributed by atoms with van der Waals surface area (Å²) >= 11 is 0. The highest BCUT2D eigenvalue weighted by atomic mass is 16.2. The Morgan fingerprint density at radius 1 is 0.852 bits per heavy atom. The Balaban J connectivity index is 1.38. The first-order valence-electron chi connectivity index (χ1n) is 9.57. The number of aryl methyl sites for hydroxylation is 1. The summed E-state index contributed by atoms with van der Waals surface area (Å²) in [6, 6.07) is 16.3. The van der Waals surface area contributed by atoms with E-state index in [2.05, 4.69) is 39.8 Å². The Kier molecular flexibility index (Phi) is 6.47. The largest absolute Gasteiger partial charge is 0.372 e. The van der Waals surface area contributed by atoms with Gasteiger partial charge in [-0.1, -0.05) is 42.0 Å². The first-order valence-corrected chi connectivity index (χ1v) is 9.57. The van der Waals surface area contributed by atoms with Crippen molar-refractivity contribution in [1.82, 2.24) is 10.6 Å². The number of carbonyl (C=O) groups excluding carboxylic acids is 2. The molecule has 0 spiro atoms. The summed E-state index contributed by atoms with van der Waals surface area (Å²) < 4.78 is 0. The minimum atomic E-state index is -0.597. The minimum Gasteiger partial charge on any atom is -0.372 e. The van der Waals surface area contributed by atoms with Crippen LogP contribution >= 0.6 is 0 Å². The Hall–Kier alpha value is -2.82. The summed E-state index contributed by atoms with van der Waals surface area (Å²) in [4.78, 5) is 26.2. The third-order valence-electron chi connectivity index (χ3n) is 4.89. The summed E-state index contributed by atoms with van der Waals surface area (Å²) in [7, 11) is 0. The zero-order chi connectivity index (χ0) is 19.1. The average Bonchev–Trinajstić information content (AvgIpc) is 3.22. The van der Waals surface area contributed by atoms with E-state index >= 15 is 0 Å². The van der Waals surface area contributed by atoms with Crippen molar-refractivity contribution in [3.8, 4) is 0 Å². The molecule has 1 heterocycles. The first-order chi connectivity index (χ1) is 13.1.